The maximum absolute atomic E-state index is 4.42. The topological polar surface area (TPSA) is 60.6 Å². The maximum Gasteiger partial charge on any atom is 0.164 e. The minimum atomic E-state index is 0.449. The lowest BCUT2D eigenvalue weighted by molar-refractivity contribution is 0.550. The van der Waals surface area contributed by atoms with Crippen molar-refractivity contribution in [2.75, 3.05) is 0 Å². The van der Waals surface area contributed by atoms with Crippen LogP contribution in [-0.2, 0) is 26.6 Å². The monoisotopic (exact) mass is 248 g/mol. The highest BCUT2D eigenvalue weighted by molar-refractivity contribution is 4.91. The van der Waals surface area contributed by atoms with Gasteiger partial charge in [-0.25, -0.2) is 9.97 Å². The molecular formula is C12H20N6. The van der Waals surface area contributed by atoms with E-state index in [1.807, 2.05) is 28.7 Å². The van der Waals surface area contributed by atoms with Crippen LogP contribution in [0.15, 0.2) is 18.7 Å². The standard InChI is InChI=1S/C12H20N6/c1-10(2)14-8-11-15-9-18(16-11)6-4-12-13-5-7-17(12)3/h5,7,9-10,14H,4,6,8H2,1-3H3. The SMILES string of the molecule is CC(C)NCc1ncn(CCc2nccn2C)n1. The van der Waals surface area contributed by atoms with Gasteiger partial charge in [0, 0.05) is 38.4 Å². The predicted octanol–water partition coefficient (Wildman–Crippen LogP) is 0.752. The summed E-state index contributed by atoms with van der Waals surface area (Å²) >= 11 is 0. The molecule has 0 aliphatic heterocycles. The fraction of sp³-hybridized carbons (Fsp3) is 0.583. The lowest BCUT2D eigenvalue weighted by Gasteiger charge is -2.04. The molecule has 6 nitrogen and oxygen atoms in total. The first-order chi connectivity index (χ1) is 8.65. The molecule has 0 bridgehead atoms. The highest BCUT2D eigenvalue weighted by Gasteiger charge is 2.03. The van der Waals surface area contributed by atoms with E-state index in [-0.39, 0.29) is 0 Å². The summed E-state index contributed by atoms with van der Waals surface area (Å²) in [7, 11) is 2.00. The van der Waals surface area contributed by atoms with E-state index >= 15 is 0 Å². The Labute approximate surface area is 107 Å². The van der Waals surface area contributed by atoms with Crippen molar-refractivity contribution in [3.05, 3.63) is 30.4 Å². The quantitative estimate of drug-likeness (QED) is 0.819. The van der Waals surface area contributed by atoms with Gasteiger partial charge in [0.25, 0.3) is 0 Å². The van der Waals surface area contributed by atoms with Crippen LogP contribution in [0.2, 0.25) is 0 Å². The van der Waals surface area contributed by atoms with Gasteiger partial charge in [0.2, 0.25) is 0 Å². The molecule has 6 heteroatoms. The third kappa shape index (κ3) is 3.40. The smallest absolute Gasteiger partial charge is 0.164 e. The van der Waals surface area contributed by atoms with E-state index in [2.05, 4.69) is 34.2 Å². The first-order valence-corrected chi connectivity index (χ1v) is 6.23. The zero-order valence-corrected chi connectivity index (χ0v) is 11.2. The molecule has 2 aromatic rings. The maximum atomic E-state index is 4.42. The number of rotatable bonds is 6. The van der Waals surface area contributed by atoms with Crippen LogP contribution < -0.4 is 5.32 Å². The van der Waals surface area contributed by atoms with Crippen molar-refractivity contribution >= 4 is 0 Å². The summed E-state index contributed by atoms with van der Waals surface area (Å²) in [6.07, 6.45) is 6.41. The van der Waals surface area contributed by atoms with Crippen LogP contribution in [0.5, 0.6) is 0 Å². The molecule has 18 heavy (non-hydrogen) atoms. The summed E-state index contributed by atoms with van der Waals surface area (Å²) < 4.78 is 3.89. The largest absolute Gasteiger partial charge is 0.338 e. The molecule has 0 aliphatic rings. The number of hydrogen-bond donors (Lipinski definition) is 1. The van der Waals surface area contributed by atoms with Gasteiger partial charge in [-0.15, -0.1) is 0 Å². The Morgan fingerprint density at radius 1 is 1.33 bits per heavy atom. The van der Waals surface area contributed by atoms with E-state index in [4.69, 9.17) is 0 Å². The number of imidazole rings is 1. The van der Waals surface area contributed by atoms with Crippen LogP contribution in [-0.4, -0.2) is 30.4 Å². The fourth-order valence-electron chi connectivity index (χ4n) is 1.67. The highest BCUT2D eigenvalue weighted by atomic mass is 15.3. The predicted molar refractivity (Wildman–Crippen MR) is 68.9 cm³/mol. The Balaban J connectivity index is 1.85. The molecule has 0 fully saturated rings. The average molecular weight is 248 g/mol. The third-order valence-electron chi connectivity index (χ3n) is 2.74. The minimum absolute atomic E-state index is 0.449. The number of nitrogens with zero attached hydrogens (tertiary/aromatic N) is 5. The van der Waals surface area contributed by atoms with Crippen LogP contribution in [0.4, 0.5) is 0 Å². The molecule has 0 aliphatic carbocycles. The normalized spacial score (nSPS) is 11.3. The van der Waals surface area contributed by atoms with Crippen LogP contribution in [0.3, 0.4) is 0 Å². The Morgan fingerprint density at radius 2 is 2.17 bits per heavy atom. The molecule has 0 saturated heterocycles. The van der Waals surface area contributed by atoms with E-state index < -0.39 is 0 Å². The van der Waals surface area contributed by atoms with Crippen LogP contribution >= 0.6 is 0 Å². The van der Waals surface area contributed by atoms with Crippen molar-refractivity contribution in [2.45, 2.75) is 39.4 Å². The zero-order valence-electron chi connectivity index (χ0n) is 11.2. The zero-order chi connectivity index (χ0) is 13.0. The van der Waals surface area contributed by atoms with Crippen molar-refractivity contribution in [3.63, 3.8) is 0 Å². The van der Waals surface area contributed by atoms with Crippen molar-refractivity contribution < 1.29 is 0 Å². The van der Waals surface area contributed by atoms with E-state index in [9.17, 15) is 0 Å². The molecule has 98 valence electrons. The van der Waals surface area contributed by atoms with E-state index in [0.717, 1.165) is 24.6 Å². The second-order valence-electron chi connectivity index (χ2n) is 4.66. The van der Waals surface area contributed by atoms with Gasteiger partial charge in [-0.2, -0.15) is 5.10 Å². The van der Waals surface area contributed by atoms with Crippen molar-refractivity contribution in [3.8, 4) is 0 Å². The van der Waals surface area contributed by atoms with Gasteiger partial charge < -0.3 is 9.88 Å². The lowest BCUT2D eigenvalue weighted by atomic mass is 10.4. The number of hydrogen-bond acceptors (Lipinski definition) is 4. The molecule has 0 aromatic carbocycles. The van der Waals surface area contributed by atoms with E-state index in [1.54, 1.807) is 6.33 Å². The Morgan fingerprint density at radius 3 is 2.83 bits per heavy atom. The Bertz CT molecular complexity index is 484. The summed E-state index contributed by atoms with van der Waals surface area (Å²) in [5.74, 6) is 1.90. The Hall–Kier alpha value is -1.69. The summed E-state index contributed by atoms with van der Waals surface area (Å²) in [5, 5.41) is 7.72. The van der Waals surface area contributed by atoms with Gasteiger partial charge in [0.1, 0.15) is 12.2 Å². The van der Waals surface area contributed by atoms with E-state index in [0.29, 0.717) is 12.6 Å². The van der Waals surface area contributed by atoms with Gasteiger partial charge in [-0.1, -0.05) is 13.8 Å². The molecular weight excluding hydrogens is 228 g/mol. The first kappa shape index (κ1) is 12.8. The van der Waals surface area contributed by atoms with Crippen molar-refractivity contribution in [2.24, 2.45) is 7.05 Å². The highest BCUT2D eigenvalue weighted by Crippen LogP contribution is 1.98. The molecule has 2 aromatic heterocycles. The van der Waals surface area contributed by atoms with Crippen molar-refractivity contribution in [1.82, 2.24) is 29.6 Å². The van der Waals surface area contributed by atoms with E-state index in [1.165, 1.54) is 0 Å². The molecule has 0 atom stereocenters. The fourth-order valence-corrected chi connectivity index (χ4v) is 1.67. The molecule has 2 heterocycles. The summed E-state index contributed by atoms with van der Waals surface area (Å²) in [6.45, 7) is 5.74. The van der Waals surface area contributed by atoms with Crippen LogP contribution in [0.25, 0.3) is 0 Å². The number of nitrogens with one attached hydrogen (secondary N) is 1. The van der Waals surface area contributed by atoms with Crippen LogP contribution in [0.1, 0.15) is 25.5 Å². The molecule has 2 rings (SSSR count). The molecule has 0 spiro atoms. The molecule has 0 radical (unpaired) electrons. The second kappa shape index (κ2) is 5.77. The molecule has 0 unspecified atom stereocenters. The first-order valence-electron chi connectivity index (χ1n) is 6.23. The summed E-state index contributed by atoms with van der Waals surface area (Å²) in [4.78, 5) is 8.56. The van der Waals surface area contributed by atoms with Crippen molar-refractivity contribution in [1.29, 1.82) is 0 Å². The summed E-state index contributed by atoms with van der Waals surface area (Å²) in [5.41, 5.74) is 0. The lowest BCUT2D eigenvalue weighted by Crippen LogP contribution is -2.22. The molecule has 0 amide bonds. The van der Waals surface area contributed by atoms with Gasteiger partial charge in [-0.3, -0.25) is 4.68 Å². The number of aryl methyl sites for hydroxylation is 3. The molecule has 0 saturated carbocycles. The van der Waals surface area contributed by atoms with Gasteiger partial charge in [-0.05, 0) is 0 Å². The minimum Gasteiger partial charge on any atom is -0.338 e. The van der Waals surface area contributed by atoms with Gasteiger partial charge in [0.05, 0.1) is 6.54 Å². The summed E-state index contributed by atoms with van der Waals surface area (Å²) in [6, 6.07) is 0.449. The number of aromatic nitrogens is 5. The average Bonchev–Trinajstić information content (AvgIpc) is 2.93. The third-order valence-corrected chi connectivity index (χ3v) is 2.74. The second-order valence-corrected chi connectivity index (χ2v) is 4.66. The van der Waals surface area contributed by atoms with Gasteiger partial charge in [0.15, 0.2) is 5.82 Å². The van der Waals surface area contributed by atoms with Crippen LogP contribution in [0, 0.1) is 0 Å². The molecule has 1 N–H and O–H groups in total. The van der Waals surface area contributed by atoms with Gasteiger partial charge >= 0.3 is 0 Å². The Kier molecular flexibility index (Phi) is 4.09.